The van der Waals surface area contributed by atoms with Gasteiger partial charge in [-0.25, -0.2) is 0 Å². The Kier molecular flexibility index (Phi) is 4.83. The van der Waals surface area contributed by atoms with Crippen molar-refractivity contribution in [2.45, 2.75) is 58.1 Å². The molecule has 0 bridgehead atoms. The molecule has 0 saturated carbocycles. The maximum Gasteiger partial charge on any atom is 0.261 e. The van der Waals surface area contributed by atoms with E-state index in [-0.39, 0.29) is 18.1 Å². The summed E-state index contributed by atoms with van der Waals surface area (Å²) in [6.45, 7) is 4.25. The predicted molar refractivity (Wildman–Crippen MR) is 76.3 cm³/mol. The number of unbranched alkanes of at least 4 members (excludes halogenated alkanes) is 2. The molecular weight excluding hydrogens is 238 g/mol. The zero-order chi connectivity index (χ0) is 13.7. The lowest BCUT2D eigenvalue weighted by atomic mass is 10.1. The van der Waals surface area contributed by atoms with Crippen LogP contribution in [0.15, 0.2) is 24.3 Å². The summed E-state index contributed by atoms with van der Waals surface area (Å²) in [5.74, 6) is 0.862. The van der Waals surface area contributed by atoms with Gasteiger partial charge in [-0.2, -0.15) is 0 Å². The number of carbonyl (C=O) groups excluding carboxylic acids is 1. The van der Waals surface area contributed by atoms with Gasteiger partial charge < -0.3 is 10.1 Å². The van der Waals surface area contributed by atoms with Crippen molar-refractivity contribution in [1.29, 1.82) is 0 Å². The van der Waals surface area contributed by atoms with E-state index in [9.17, 15) is 4.79 Å². The molecule has 1 aromatic rings. The van der Waals surface area contributed by atoms with Gasteiger partial charge in [0.05, 0.1) is 0 Å². The van der Waals surface area contributed by atoms with Crippen LogP contribution in [0.4, 0.5) is 0 Å². The fourth-order valence-corrected chi connectivity index (χ4v) is 2.44. The van der Waals surface area contributed by atoms with E-state index in [1.807, 2.05) is 24.3 Å². The summed E-state index contributed by atoms with van der Waals surface area (Å²) < 4.78 is 5.68. The van der Waals surface area contributed by atoms with Gasteiger partial charge in [0.25, 0.3) is 5.91 Å². The number of para-hydroxylation sites is 1. The maximum absolute atomic E-state index is 12.1. The van der Waals surface area contributed by atoms with Crippen molar-refractivity contribution in [3.05, 3.63) is 29.8 Å². The van der Waals surface area contributed by atoms with Gasteiger partial charge in [0, 0.05) is 12.5 Å². The Bertz CT molecular complexity index is 406. The molecule has 104 valence electrons. The number of hydrogen-bond acceptors (Lipinski definition) is 2. The minimum atomic E-state index is -0.356. The summed E-state index contributed by atoms with van der Waals surface area (Å²) in [6, 6.07) is 8.09. The Morgan fingerprint density at radius 1 is 1.42 bits per heavy atom. The Hall–Kier alpha value is -1.51. The van der Waals surface area contributed by atoms with Crippen LogP contribution in [-0.4, -0.2) is 18.1 Å². The Morgan fingerprint density at radius 3 is 2.95 bits per heavy atom. The quantitative estimate of drug-likeness (QED) is 0.799. The number of hydrogen-bond donors (Lipinski definition) is 1. The van der Waals surface area contributed by atoms with Gasteiger partial charge in [-0.1, -0.05) is 44.4 Å². The summed E-state index contributed by atoms with van der Waals surface area (Å²) in [5.41, 5.74) is 1.13. The lowest BCUT2D eigenvalue weighted by Crippen LogP contribution is -2.42. The van der Waals surface area contributed by atoms with E-state index < -0.39 is 0 Å². The zero-order valence-electron chi connectivity index (χ0n) is 11.8. The predicted octanol–water partition coefficient (Wildman–Crippen LogP) is 3.08. The third-order valence-electron chi connectivity index (χ3n) is 3.57. The first-order valence-corrected chi connectivity index (χ1v) is 7.25. The Morgan fingerprint density at radius 2 is 2.21 bits per heavy atom. The highest BCUT2D eigenvalue weighted by atomic mass is 16.5. The van der Waals surface area contributed by atoms with E-state index >= 15 is 0 Å². The van der Waals surface area contributed by atoms with Crippen LogP contribution in [0.5, 0.6) is 5.75 Å². The van der Waals surface area contributed by atoms with Gasteiger partial charge in [0.2, 0.25) is 0 Å². The topological polar surface area (TPSA) is 38.3 Å². The molecule has 1 aliphatic rings. The molecule has 3 nitrogen and oxygen atoms in total. The minimum absolute atomic E-state index is 0.0141. The fourth-order valence-electron chi connectivity index (χ4n) is 2.44. The Balaban J connectivity index is 1.79. The molecule has 19 heavy (non-hydrogen) atoms. The van der Waals surface area contributed by atoms with Crippen molar-refractivity contribution in [2.75, 3.05) is 0 Å². The summed E-state index contributed by atoms with van der Waals surface area (Å²) >= 11 is 0. The molecule has 3 heteroatoms. The van der Waals surface area contributed by atoms with Gasteiger partial charge in [0.1, 0.15) is 5.75 Å². The van der Waals surface area contributed by atoms with E-state index in [4.69, 9.17) is 4.74 Å². The van der Waals surface area contributed by atoms with Crippen molar-refractivity contribution in [3.63, 3.8) is 0 Å². The molecule has 0 aromatic heterocycles. The van der Waals surface area contributed by atoms with Crippen LogP contribution < -0.4 is 10.1 Å². The van der Waals surface area contributed by atoms with Gasteiger partial charge in [-0.3, -0.25) is 4.79 Å². The summed E-state index contributed by atoms with van der Waals surface area (Å²) in [4.78, 5) is 12.1. The molecule has 1 aliphatic heterocycles. The summed E-state index contributed by atoms with van der Waals surface area (Å²) in [5, 5.41) is 3.05. The van der Waals surface area contributed by atoms with Crippen molar-refractivity contribution in [2.24, 2.45) is 0 Å². The van der Waals surface area contributed by atoms with Crippen LogP contribution in [0, 0.1) is 0 Å². The number of carbonyl (C=O) groups is 1. The molecule has 1 amide bonds. The van der Waals surface area contributed by atoms with Gasteiger partial charge >= 0.3 is 0 Å². The summed E-state index contributed by atoms with van der Waals surface area (Å²) in [7, 11) is 0. The minimum Gasteiger partial charge on any atom is -0.480 e. The Labute approximate surface area is 115 Å². The van der Waals surface area contributed by atoms with Gasteiger partial charge in [0.15, 0.2) is 6.10 Å². The third-order valence-corrected chi connectivity index (χ3v) is 3.57. The largest absolute Gasteiger partial charge is 0.480 e. The number of nitrogens with one attached hydrogen (secondary N) is 1. The first-order valence-electron chi connectivity index (χ1n) is 7.25. The molecular formula is C16H23NO2. The van der Waals surface area contributed by atoms with Gasteiger partial charge in [-0.15, -0.1) is 0 Å². The number of ether oxygens (including phenoxy) is 1. The van der Waals surface area contributed by atoms with Crippen molar-refractivity contribution < 1.29 is 9.53 Å². The number of fused-ring (bicyclic) bond motifs is 1. The van der Waals surface area contributed by atoms with Crippen LogP contribution in [0.2, 0.25) is 0 Å². The average molecular weight is 261 g/mol. The van der Waals surface area contributed by atoms with Crippen molar-refractivity contribution in [1.82, 2.24) is 5.32 Å². The van der Waals surface area contributed by atoms with Crippen LogP contribution in [-0.2, 0) is 11.2 Å². The molecule has 1 heterocycles. The summed E-state index contributed by atoms with van der Waals surface area (Å²) in [6.07, 6.45) is 4.98. The molecule has 2 unspecified atom stereocenters. The first-order chi connectivity index (χ1) is 9.20. The molecule has 0 spiro atoms. The lowest BCUT2D eigenvalue weighted by molar-refractivity contribution is -0.127. The SMILES string of the molecule is CCCCCC(C)NC(=O)C1Cc2ccccc2O1. The molecule has 1 aromatic carbocycles. The second-order valence-corrected chi connectivity index (χ2v) is 5.32. The molecule has 1 N–H and O–H groups in total. The van der Waals surface area contributed by atoms with E-state index in [2.05, 4.69) is 19.2 Å². The van der Waals surface area contributed by atoms with Gasteiger partial charge in [-0.05, 0) is 25.0 Å². The van der Waals surface area contributed by atoms with Crippen molar-refractivity contribution >= 4 is 5.91 Å². The van der Waals surface area contributed by atoms with E-state index in [0.717, 1.165) is 17.7 Å². The van der Waals surface area contributed by atoms with Crippen LogP contribution in [0.1, 0.15) is 45.1 Å². The second kappa shape index (κ2) is 6.60. The van der Waals surface area contributed by atoms with Crippen LogP contribution in [0.25, 0.3) is 0 Å². The number of amides is 1. The first kappa shape index (κ1) is 13.9. The maximum atomic E-state index is 12.1. The number of benzene rings is 1. The molecule has 0 aliphatic carbocycles. The zero-order valence-corrected chi connectivity index (χ0v) is 11.8. The molecule has 2 atom stereocenters. The second-order valence-electron chi connectivity index (χ2n) is 5.32. The molecule has 2 rings (SSSR count). The van der Waals surface area contributed by atoms with E-state index in [1.165, 1.54) is 19.3 Å². The highest BCUT2D eigenvalue weighted by Gasteiger charge is 2.29. The van der Waals surface area contributed by atoms with Crippen LogP contribution in [0.3, 0.4) is 0 Å². The fraction of sp³-hybridized carbons (Fsp3) is 0.562. The standard InChI is InChI=1S/C16H23NO2/c1-3-4-5-8-12(2)17-16(18)15-11-13-9-6-7-10-14(13)19-15/h6-7,9-10,12,15H,3-5,8,11H2,1-2H3,(H,17,18). The highest BCUT2D eigenvalue weighted by molar-refractivity contribution is 5.82. The smallest absolute Gasteiger partial charge is 0.261 e. The van der Waals surface area contributed by atoms with E-state index in [1.54, 1.807) is 0 Å². The molecule has 0 saturated heterocycles. The monoisotopic (exact) mass is 261 g/mol. The normalized spacial score (nSPS) is 18.5. The third kappa shape index (κ3) is 3.72. The molecule has 0 radical (unpaired) electrons. The van der Waals surface area contributed by atoms with Crippen molar-refractivity contribution in [3.8, 4) is 5.75 Å². The average Bonchev–Trinajstić information content (AvgIpc) is 2.83. The van der Waals surface area contributed by atoms with Crippen LogP contribution >= 0.6 is 0 Å². The highest BCUT2D eigenvalue weighted by Crippen LogP contribution is 2.28. The van der Waals surface area contributed by atoms with E-state index in [0.29, 0.717) is 6.42 Å². The number of rotatable bonds is 6. The molecule has 0 fully saturated rings. The lowest BCUT2D eigenvalue weighted by Gasteiger charge is -2.17.